The zero-order chi connectivity index (χ0) is 15.8. The number of nitrogens with one attached hydrogen (secondary N) is 1. The molecule has 0 spiro atoms. The van der Waals surface area contributed by atoms with Crippen LogP contribution in [0.2, 0.25) is 0 Å². The Morgan fingerprint density at radius 1 is 1.18 bits per heavy atom. The van der Waals surface area contributed by atoms with Crippen LogP contribution in [0.3, 0.4) is 0 Å². The highest BCUT2D eigenvalue weighted by molar-refractivity contribution is 7.87. The summed E-state index contributed by atoms with van der Waals surface area (Å²) in [6, 6.07) is 10.2. The van der Waals surface area contributed by atoms with Gasteiger partial charge in [0, 0.05) is 25.0 Å². The van der Waals surface area contributed by atoms with Crippen molar-refractivity contribution in [2.45, 2.75) is 44.3 Å². The van der Waals surface area contributed by atoms with Gasteiger partial charge in [0.05, 0.1) is 12.2 Å². The first kappa shape index (κ1) is 15.9. The Labute approximate surface area is 132 Å². The Morgan fingerprint density at radius 2 is 1.77 bits per heavy atom. The number of nitrogens with zero attached hydrogens (tertiary/aromatic N) is 1. The highest BCUT2D eigenvalue weighted by Crippen LogP contribution is 2.47. The monoisotopic (exact) mass is 324 g/mol. The normalized spacial score (nSPS) is 28.5. The van der Waals surface area contributed by atoms with E-state index in [1.54, 1.807) is 0 Å². The van der Waals surface area contributed by atoms with E-state index in [1.165, 1.54) is 9.87 Å². The Hall–Kier alpha value is -0.950. The first-order valence-electron chi connectivity index (χ1n) is 7.87. The molecule has 1 aromatic rings. The summed E-state index contributed by atoms with van der Waals surface area (Å²) < 4.78 is 35.0. The molecule has 3 rings (SSSR count). The molecule has 0 bridgehead atoms. The summed E-state index contributed by atoms with van der Waals surface area (Å²) in [7, 11) is -3.45. The zero-order valence-electron chi connectivity index (χ0n) is 13.2. The van der Waals surface area contributed by atoms with Gasteiger partial charge in [-0.15, -0.1) is 0 Å². The number of hydrogen-bond acceptors (Lipinski definition) is 3. The molecule has 122 valence electrons. The molecule has 1 aliphatic heterocycles. The molecule has 1 heterocycles. The summed E-state index contributed by atoms with van der Waals surface area (Å²) in [5, 5.41) is 0. The fraction of sp³-hybridized carbons (Fsp3) is 0.625. The van der Waals surface area contributed by atoms with Crippen LogP contribution >= 0.6 is 0 Å². The molecule has 6 heteroatoms. The lowest BCUT2D eigenvalue weighted by atomic mass is 9.96. The summed E-state index contributed by atoms with van der Waals surface area (Å²) in [5.41, 5.74) is 1.21. The van der Waals surface area contributed by atoms with E-state index in [0.29, 0.717) is 19.6 Å². The quantitative estimate of drug-likeness (QED) is 0.896. The minimum Gasteiger partial charge on any atom is -0.373 e. The molecule has 1 aliphatic carbocycles. The molecule has 2 aliphatic rings. The van der Waals surface area contributed by atoms with E-state index in [-0.39, 0.29) is 17.6 Å². The first-order valence-corrected chi connectivity index (χ1v) is 9.31. The molecule has 1 saturated heterocycles. The third-order valence-corrected chi connectivity index (χ3v) is 6.05. The summed E-state index contributed by atoms with van der Waals surface area (Å²) in [4.78, 5) is 0. The van der Waals surface area contributed by atoms with E-state index in [9.17, 15) is 8.42 Å². The van der Waals surface area contributed by atoms with Crippen LogP contribution in [0.25, 0.3) is 0 Å². The second-order valence-electron chi connectivity index (χ2n) is 6.55. The number of ether oxygens (including phenoxy) is 1. The molecule has 5 nitrogen and oxygen atoms in total. The largest absolute Gasteiger partial charge is 0.373 e. The van der Waals surface area contributed by atoms with Crippen LogP contribution in [0.1, 0.15) is 32.3 Å². The molecule has 0 radical (unpaired) electrons. The molecular formula is C16H24N2O3S. The molecule has 2 fully saturated rings. The van der Waals surface area contributed by atoms with Crippen LogP contribution in [0.5, 0.6) is 0 Å². The smallest absolute Gasteiger partial charge is 0.279 e. The highest BCUT2D eigenvalue weighted by atomic mass is 32.2. The lowest BCUT2D eigenvalue weighted by Crippen LogP contribution is -2.52. The number of hydrogen-bond donors (Lipinski definition) is 1. The Balaban J connectivity index is 1.66. The van der Waals surface area contributed by atoms with E-state index in [0.717, 1.165) is 12.8 Å². The molecule has 2 unspecified atom stereocenters. The Kier molecular flexibility index (Phi) is 4.29. The maximum atomic E-state index is 12.5. The minimum atomic E-state index is -3.45. The summed E-state index contributed by atoms with van der Waals surface area (Å²) >= 11 is 0. The molecule has 22 heavy (non-hydrogen) atoms. The van der Waals surface area contributed by atoms with Crippen molar-refractivity contribution in [2.24, 2.45) is 0 Å². The van der Waals surface area contributed by atoms with E-state index in [4.69, 9.17) is 4.74 Å². The molecule has 2 atom stereocenters. The van der Waals surface area contributed by atoms with Crippen molar-refractivity contribution in [1.82, 2.24) is 9.03 Å². The van der Waals surface area contributed by atoms with Gasteiger partial charge in [-0.3, -0.25) is 0 Å². The Morgan fingerprint density at radius 3 is 2.32 bits per heavy atom. The van der Waals surface area contributed by atoms with Crippen molar-refractivity contribution >= 4 is 10.2 Å². The molecule has 1 N–H and O–H groups in total. The van der Waals surface area contributed by atoms with Gasteiger partial charge in [0.1, 0.15) is 0 Å². The van der Waals surface area contributed by atoms with Crippen molar-refractivity contribution in [3.63, 3.8) is 0 Å². The standard InChI is InChI=1S/C16H24N2O3S/c1-13-10-18(11-14(2)21-13)22(19,20)17-12-16(8-9-16)15-6-4-3-5-7-15/h3-7,13-14,17H,8-12H2,1-2H3. The van der Waals surface area contributed by atoms with Crippen LogP contribution in [0, 0.1) is 0 Å². The molecule has 0 aromatic heterocycles. The highest BCUT2D eigenvalue weighted by Gasteiger charge is 2.45. The van der Waals surface area contributed by atoms with Crippen LogP contribution in [-0.2, 0) is 20.4 Å². The average Bonchev–Trinajstić information content (AvgIpc) is 3.27. The third-order valence-electron chi connectivity index (χ3n) is 4.56. The predicted molar refractivity (Wildman–Crippen MR) is 85.9 cm³/mol. The van der Waals surface area contributed by atoms with Crippen LogP contribution in [0.4, 0.5) is 0 Å². The van der Waals surface area contributed by atoms with E-state index in [2.05, 4.69) is 16.9 Å². The maximum absolute atomic E-state index is 12.5. The van der Waals surface area contributed by atoms with E-state index in [1.807, 2.05) is 32.0 Å². The SMILES string of the molecule is CC1CN(S(=O)(=O)NCC2(c3ccccc3)CC2)CC(C)O1. The van der Waals surface area contributed by atoms with E-state index < -0.39 is 10.2 Å². The van der Waals surface area contributed by atoms with Gasteiger partial charge in [-0.25, -0.2) is 4.72 Å². The van der Waals surface area contributed by atoms with Gasteiger partial charge in [-0.1, -0.05) is 30.3 Å². The molecule has 0 amide bonds. The fourth-order valence-corrected chi connectivity index (χ4v) is 4.61. The molecule has 1 saturated carbocycles. The summed E-state index contributed by atoms with van der Waals surface area (Å²) in [6.45, 7) is 5.12. The van der Waals surface area contributed by atoms with Gasteiger partial charge < -0.3 is 4.74 Å². The summed E-state index contributed by atoms with van der Waals surface area (Å²) in [6.07, 6.45) is 1.94. The van der Waals surface area contributed by atoms with Crippen molar-refractivity contribution < 1.29 is 13.2 Å². The predicted octanol–water partition coefficient (Wildman–Crippen LogP) is 1.66. The van der Waals surface area contributed by atoms with Gasteiger partial charge >= 0.3 is 0 Å². The van der Waals surface area contributed by atoms with Crippen molar-refractivity contribution in [3.8, 4) is 0 Å². The van der Waals surface area contributed by atoms with Crippen LogP contribution in [-0.4, -0.2) is 44.6 Å². The number of morpholine rings is 1. The summed E-state index contributed by atoms with van der Waals surface area (Å²) in [5.74, 6) is 0. The lowest BCUT2D eigenvalue weighted by Gasteiger charge is -2.34. The second-order valence-corrected chi connectivity index (χ2v) is 8.30. The second kappa shape index (κ2) is 5.92. The average molecular weight is 324 g/mol. The topological polar surface area (TPSA) is 58.6 Å². The minimum absolute atomic E-state index is 0.0160. The zero-order valence-corrected chi connectivity index (χ0v) is 14.0. The van der Waals surface area contributed by atoms with Crippen molar-refractivity contribution in [1.29, 1.82) is 0 Å². The van der Waals surface area contributed by atoms with Crippen molar-refractivity contribution in [2.75, 3.05) is 19.6 Å². The van der Waals surface area contributed by atoms with Gasteiger partial charge in [-0.2, -0.15) is 12.7 Å². The van der Waals surface area contributed by atoms with Crippen LogP contribution < -0.4 is 4.72 Å². The molecule has 1 aromatic carbocycles. The molecular weight excluding hydrogens is 300 g/mol. The maximum Gasteiger partial charge on any atom is 0.279 e. The van der Waals surface area contributed by atoms with Gasteiger partial charge in [0.2, 0.25) is 0 Å². The van der Waals surface area contributed by atoms with Gasteiger partial charge in [-0.05, 0) is 32.3 Å². The fourth-order valence-electron chi connectivity index (χ4n) is 3.16. The third kappa shape index (κ3) is 3.35. The van der Waals surface area contributed by atoms with E-state index >= 15 is 0 Å². The van der Waals surface area contributed by atoms with Gasteiger partial charge in [0.15, 0.2) is 0 Å². The van der Waals surface area contributed by atoms with Crippen LogP contribution in [0.15, 0.2) is 30.3 Å². The number of benzene rings is 1. The first-order chi connectivity index (χ1) is 10.4. The van der Waals surface area contributed by atoms with Crippen molar-refractivity contribution in [3.05, 3.63) is 35.9 Å². The number of rotatable bonds is 5. The Bertz CT molecular complexity index is 604. The lowest BCUT2D eigenvalue weighted by molar-refractivity contribution is -0.0444. The van der Waals surface area contributed by atoms with Gasteiger partial charge in [0.25, 0.3) is 10.2 Å².